The zero-order valence-corrected chi connectivity index (χ0v) is 13.1. The fourth-order valence-electron chi connectivity index (χ4n) is 2.75. The highest BCUT2D eigenvalue weighted by atomic mass is 35.5. The molecule has 0 saturated heterocycles. The predicted octanol–water partition coefficient (Wildman–Crippen LogP) is 1.83. The molecule has 0 bridgehead atoms. The van der Waals surface area contributed by atoms with Crippen LogP contribution in [0, 0.1) is 0 Å². The summed E-state index contributed by atoms with van der Waals surface area (Å²) in [6.45, 7) is 0.592. The standard InChI is InChI=1S/C15H13ClN6O/c1-20-13-8-17-4-2-10(13)3-5-22(20)15(23)12-6-14-18-7-11(16)9-21(14)19-12/h2,4,6-9H,3,5H2,1H3. The lowest BCUT2D eigenvalue weighted by atomic mass is 10.1. The number of hydrogen-bond donors (Lipinski definition) is 0. The van der Waals surface area contributed by atoms with E-state index in [4.69, 9.17) is 11.6 Å². The Morgan fingerprint density at radius 1 is 1.35 bits per heavy atom. The molecule has 0 unspecified atom stereocenters. The molecule has 23 heavy (non-hydrogen) atoms. The van der Waals surface area contributed by atoms with E-state index in [1.165, 1.54) is 16.3 Å². The van der Waals surface area contributed by atoms with Crippen LogP contribution in [0.4, 0.5) is 5.69 Å². The zero-order valence-electron chi connectivity index (χ0n) is 12.3. The monoisotopic (exact) mass is 328 g/mol. The molecule has 0 spiro atoms. The van der Waals surface area contributed by atoms with Crippen molar-refractivity contribution in [1.82, 2.24) is 24.6 Å². The normalized spacial score (nSPS) is 14.2. The number of halogens is 1. The summed E-state index contributed by atoms with van der Waals surface area (Å²) >= 11 is 5.90. The Labute approximate surface area is 137 Å². The minimum absolute atomic E-state index is 0.177. The van der Waals surface area contributed by atoms with Crippen molar-refractivity contribution >= 4 is 28.8 Å². The molecule has 0 N–H and O–H groups in total. The molecule has 0 atom stereocenters. The highest BCUT2D eigenvalue weighted by molar-refractivity contribution is 6.30. The Balaban J connectivity index is 1.68. The summed E-state index contributed by atoms with van der Waals surface area (Å²) < 4.78 is 1.51. The maximum Gasteiger partial charge on any atom is 0.292 e. The van der Waals surface area contributed by atoms with E-state index in [0.717, 1.165) is 12.1 Å². The summed E-state index contributed by atoms with van der Waals surface area (Å²) in [7, 11) is 1.85. The Hall–Kier alpha value is -2.67. The zero-order chi connectivity index (χ0) is 16.0. The molecular formula is C15H13ClN6O. The smallest absolute Gasteiger partial charge is 0.284 e. The molecule has 116 valence electrons. The number of amides is 1. The van der Waals surface area contributed by atoms with Crippen molar-refractivity contribution in [2.24, 2.45) is 0 Å². The molecule has 1 amide bonds. The summed E-state index contributed by atoms with van der Waals surface area (Å²) in [6.07, 6.45) is 7.47. The van der Waals surface area contributed by atoms with Crippen LogP contribution in [0.3, 0.4) is 0 Å². The summed E-state index contributed by atoms with van der Waals surface area (Å²) in [6, 6.07) is 3.63. The van der Waals surface area contributed by atoms with Crippen LogP contribution in [-0.2, 0) is 6.42 Å². The number of hydrogen-bond acceptors (Lipinski definition) is 5. The molecule has 0 aromatic carbocycles. The fraction of sp³-hybridized carbons (Fsp3) is 0.200. The lowest BCUT2D eigenvalue weighted by Gasteiger charge is -2.37. The van der Waals surface area contributed by atoms with Gasteiger partial charge < -0.3 is 0 Å². The van der Waals surface area contributed by atoms with E-state index in [2.05, 4.69) is 15.1 Å². The largest absolute Gasteiger partial charge is 0.292 e. The Bertz CT molecular complexity index is 908. The predicted molar refractivity (Wildman–Crippen MR) is 85.4 cm³/mol. The van der Waals surface area contributed by atoms with E-state index >= 15 is 0 Å². The van der Waals surface area contributed by atoms with E-state index in [1.807, 2.05) is 18.1 Å². The lowest BCUT2D eigenvalue weighted by Crippen LogP contribution is -2.48. The summed E-state index contributed by atoms with van der Waals surface area (Å²) in [5.41, 5.74) is 3.02. The quantitative estimate of drug-likeness (QED) is 0.682. The topological polar surface area (TPSA) is 66.6 Å². The molecule has 0 saturated carbocycles. The second kappa shape index (κ2) is 5.20. The van der Waals surface area contributed by atoms with Crippen molar-refractivity contribution in [2.75, 3.05) is 18.6 Å². The van der Waals surface area contributed by atoms with E-state index in [-0.39, 0.29) is 5.91 Å². The van der Waals surface area contributed by atoms with Crippen LogP contribution in [0.1, 0.15) is 16.1 Å². The van der Waals surface area contributed by atoms with E-state index in [1.54, 1.807) is 29.7 Å². The van der Waals surface area contributed by atoms with Crippen molar-refractivity contribution in [2.45, 2.75) is 6.42 Å². The molecule has 0 fully saturated rings. The number of aromatic nitrogens is 4. The summed E-state index contributed by atoms with van der Waals surface area (Å²) in [4.78, 5) is 21.1. The summed E-state index contributed by atoms with van der Waals surface area (Å²) in [5.74, 6) is -0.177. The first-order chi connectivity index (χ1) is 11.1. The van der Waals surface area contributed by atoms with Crippen LogP contribution in [-0.4, -0.2) is 44.1 Å². The third-order valence-electron chi connectivity index (χ3n) is 3.93. The van der Waals surface area contributed by atoms with Crippen molar-refractivity contribution < 1.29 is 4.79 Å². The first-order valence-corrected chi connectivity index (χ1v) is 7.50. The van der Waals surface area contributed by atoms with Crippen LogP contribution >= 0.6 is 11.6 Å². The van der Waals surface area contributed by atoms with Gasteiger partial charge in [-0.2, -0.15) is 5.10 Å². The lowest BCUT2D eigenvalue weighted by molar-refractivity contribution is 0.0732. The Kier molecular flexibility index (Phi) is 3.16. The number of hydrazine groups is 1. The maximum absolute atomic E-state index is 12.8. The first kappa shape index (κ1) is 14.0. The first-order valence-electron chi connectivity index (χ1n) is 7.13. The van der Waals surface area contributed by atoms with Gasteiger partial charge in [0.25, 0.3) is 5.91 Å². The van der Waals surface area contributed by atoms with Gasteiger partial charge in [0.05, 0.1) is 23.1 Å². The molecule has 1 aliphatic heterocycles. The minimum Gasteiger partial charge on any atom is -0.284 e. The van der Waals surface area contributed by atoms with Crippen LogP contribution < -0.4 is 5.01 Å². The molecule has 8 heteroatoms. The fourth-order valence-corrected chi connectivity index (χ4v) is 2.89. The average Bonchev–Trinajstić information content (AvgIpc) is 2.98. The van der Waals surface area contributed by atoms with Crippen molar-refractivity contribution in [3.05, 3.63) is 53.2 Å². The average molecular weight is 329 g/mol. The molecule has 0 aliphatic carbocycles. The Morgan fingerprint density at radius 2 is 2.22 bits per heavy atom. The molecule has 3 aromatic heterocycles. The number of carbonyl (C=O) groups is 1. The molecular weight excluding hydrogens is 316 g/mol. The molecule has 4 rings (SSSR count). The van der Waals surface area contributed by atoms with Crippen molar-refractivity contribution in [3.8, 4) is 0 Å². The number of rotatable bonds is 1. The van der Waals surface area contributed by atoms with Crippen LogP contribution in [0.5, 0.6) is 0 Å². The Morgan fingerprint density at radius 3 is 3.09 bits per heavy atom. The van der Waals surface area contributed by atoms with Gasteiger partial charge in [0.2, 0.25) is 0 Å². The van der Waals surface area contributed by atoms with Crippen molar-refractivity contribution in [1.29, 1.82) is 0 Å². The third kappa shape index (κ3) is 2.29. The van der Waals surface area contributed by atoms with Crippen molar-refractivity contribution in [3.63, 3.8) is 0 Å². The van der Waals surface area contributed by atoms with Gasteiger partial charge in [-0.25, -0.2) is 14.5 Å². The number of pyridine rings is 1. The molecule has 7 nitrogen and oxygen atoms in total. The van der Waals surface area contributed by atoms with Gasteiger partial charge in [-0.05, 0) is 18.1 Å². The molecule has 4 heterocycles. The number of nitrogens with zero attached hydrogens (tertiary/aromatic N) is 6. The van der Waals surface area contributed by atoms with Gasteiger partial charge in [0.1, 0.15) is 0 Å². The van der Waals surface area contributed by atoms with Gasteiger partial charge in [-0.1, -0.05) is 11.6 Å². The highest BCUT2D eigenvalue weighted by Crippen LogP contribution is 2.26. The van der Waals surface area contributed by atoms with Gasteiger partial charge in [-0.3, -0.25) is 14.8 Å². The number of fused-ring (bicyclic) bond motifs is 2. The minimum atomic E-state index is -0.177. The maximum atomic E-state index is 12.8. The van der Waals surface area contributed by atoms with Crippen LogP contribution in [0.15, 0.2) is 36.9 Å². The van der Waals surface area contributed by atoms with Gasteiger partial charge in [0.15, 0.2) is 11.3 Å². The SMILES string of the molecule is CN1c2cnccc2CCN1C(=O)c1cc2ncc(Cl)cn2n1. The molecule has 1 aliphatic rings. The van der Waals surface area contributed by atoms with Gasteiger partial charge >= 0.3 is 0 Å². The van der Waals surface area contributed by atoms with Gasteiger partial charge in [0, 0.05) is 32.1 Å². The third-order valence-corrected chi connectivity index (χ3v) is 4.12. The van der Waals surface area contributed by atoms with Crippen LogP contribution in [0.25, 0.3) is 5.65 Å². The number of carbonyl (C=O) groups excluding carboxylic acids is 1. The second-order valence-electron chi connectivity index (χ2n) is 5.31. The summed E-state index contributed by atoms with van der Waals surface area (Å²) in [5, 5.41) is 8.22. The van der Waals surface area contributed by atoms with E-state index < -0.39 is 0 Å². The second-order valence-corrected chi connectivity index (χ2v) is 5.75. The molecule has 0 radical (unpaired) electrons. The highest BCUT2D eigenvalue weighted by Gasteiger charge is 2.28. The number of anilines is 1. The molecule has 3 aromatic rings. The van der Waals surface area contributed by atoms with E-state index in [0.29, 0.717) is 22.9 Å². The van der Waals surface area contributed by atoms with Gasteiger partial charge in [-0.15, -0.1) is 0 Å². The van der Waals surface area contributed by atoms with E-state index in [9.17, 15) is 4.79 Å². The van der Waals surface area contributed by atoms with Crippen LogP contribution in [0.2, 0.25) is 5.02 Å².